The lowest BCUT2D eigenvalue weighted by molar-refractivity contribution is 0.0987. The van der Waals surface area contributed by atoms with Gasteiger partial charge in [0, 0.05) is 35.3 Å². The molecule has 2 heterocycles. The first-order chi connectivity index (χ1) is 14.4. The number of fused-ring (bicyclic) bond motifs is 1. The molecule has 0 N–H and O–H groups in total. The van der Waals surface area contributed by atoms with Crippen molar-refractivity contribution in [3.05, 3.63) is 48.0 Å². The SMILES string of the molecule is COc1ccc(C(=O)N2CCSc3ccccc32)cc1S(=O)(=O)N1CCCC[C@@H]1C. The number of piperidine rings is 1. The summed E-state index contributed by atoms with van der Waals surface area (Å²) in [5.74, 6) is 0.863. The van der Waals surface area contributed by atoms with Gasteiger partial charge in [-0.15, -0.1) is 11.8 Å². The van der Waals surface area contributed by atoms with Crippen molar-refractivity contribution >= 4 is 33.4 Å². The standard InChI is InChI=1S/C22H26N2O4S2/c1-16-7-5-6-12-24(16)30(26,27)21-15-17(10-11-19(21)28-2)22(25)23-13-14-29-20-9-4-3-8-18(20)23/h3-4,8-11,15-16H,5-7,12-14H2,1-2H3/t16-/m0/s1. The van der Waals surface area contributed by atoms with E-state index in [1.807, 2.05) is 31.2 Å². The zero-order chi connectivity index (χ0) is 21.3. The second kappa shape index (κ2) is 8.61. The third-order valence-corrected chi connectivity index (χ3v) is 8.79. The Morgan fingerprint density at radius 2 is 1.93 bits per heavy atom. The molecule has 0 saturated carbocycles. The Morgan fingerprint density at radius 1 is 1.13 bits per heavy atom. The number of rotatable bonds is 4. The number of nitrogens with zero attached hydrogens (tertiary/aromatic N) is 2. The van der Waals surface area contributed by atoms with Crippen LogP contribution in [-0.2, 0) is 10.0 Å². The molecule has 0 bridgehead atoms. The fourth-order valence-corrected chi connectivity index (χ4v) is 6.98. The molecule has 4 rings (SSSR count). The van der Waals surface area contributed by atoms with Gasteiger partial charge in [-0.25, -0.2) is 8.42 Å². The highest BCUT2D eigenvalue weighted by Crippen LogP contribution is 2.36. The van der Waals surface area contributed by atoms with Crippen molar-refractivity contribution in [2.75, 3.05) is 30.9 Å². The number of carbonyl (C=O) groups excluding carboxylic acids is 1. The number of ether oxygens (including phenoxy) is 1. The summed E-state index contributed by atoms with van der Waals surface area (Å²) in [5, 5.41) is 0. The van der Waals surface area contributed by atoms with Crippen LogP contribution in [0.3, 0.4) is 0 Å². The van der Waals surface area contributed by atoms with Crippen LogP contribution >= 0.6 is 11.8 Å². The average molecular weight is 447 g/mol. The minimum absolute atomic E-state index is 0.0595. The lowest BCUT2D eigenvalue weighted by atomic mass is 10.1. The van der Waals surface area contributed by atoms with E-state index in [1.54, 1.807) is 28.8 Å². The second-order valence-electron chi connectivity index (χ2n) is 7.60. The molecular weight excluding hydrogens is 420 g/mol. The van der Waals surface area contributed by atoms with Crippen LogP contribution in [0.4, 0.5) is 5.69 Å². The number of thioether (sulfide) groups is 1. The molecular formula is C22H26N2O4S2. The van der Waals surface area contributed by atoms with E-state index < -0.39 is 10.0 Å². The zero-order valence-electron chi connectivity index (χ0n) is 17.2. The van der Waals surface area contributed by atoms with Crippen LogP contribution in [0, 0.1) is 0 Å². The zero-order valence-corrected chi connectivity index (χ0v) is 18.8. The summed E-state index contributed by atoms with van der Waals surface area (Å²) < 4.78 is 33.8. The maximum atomic E-state index is 13.4. The topological polar surface area (TPSA) is 66.9 Å². The third-order valence-electron chi connectivity index (χ3n) is 5.71. The highest BCUT2D eigenvalue weighted by atomic mass is 32.2. The molecule has 2 aliphatic rings. The van der Waals surface area contributed by atoms with Gasteiger partial charge in [-0.1, -0.05) is 18.6 Å². The van der Waals surface area contributed by atoms with Crippen molar-refractivity contribution in [3.8, 4) is 5.75 Å². The average Bonchev–Trinajstić information content (AvgIpc) is 2.78. The van der Waals surface area contributed by atoms with Crippen molar-refractivity contribution in [2.45, 2.75) is 42.0 Å². The number of anilines is 1. The van der Waals surface area contributed by atoms with Crippen LogP contribution in [0.5, 0.6) is 5.75 Å². The van der Waals surface area contributed by atoms with Gasteiger partial charge < -0.3 is 9.64 Å². The number of methoxy groups -OCH3 is 1. The number of hydrogen-bond acceptors (Lipinski definition) is 5. The molecule has 2 aliphatic heterocycles. The molecule has 8 heteroatoms. The maximum Gasteiger partial charge on any atom is 0.258 e. The minimum Gasteiger partial charge on any atom is -0.495 e. The van der Waals surface area contributed by atoms with Crippen LogP contribution < -0.4 is 9.64 Å². The van der Waals surface area contributed by atoms with E-state index in [2.05, 4.69) is 0 Å². The number of amides is 1. The Balaban J connectivity index is 1.72. The highest BCUT2D eigenvalue weighted by molar-refractivity contribution is 7.99. The van der Waals surface area contributed by atoms with E-state index in [0.717, 1.165) is 35.6 Å². The molecule has 1 saturated heterocycles. The molecule has 0 unspecified atom stereocenters. The lowest BCUT2D eigenvalue weighted by Gasteiger charge is -2.33. The summed E-state index contributed by atoms with van der Waals surface area (Å²) in [6, 6.07) is 12.4. The fourth-order valence-electron chi connectivity index (χ4n) is 4.10. The fraction of sp³-hybridized carbons (Fsp3) is 0.409. The van der Waals surface area contributed by atoms with Crippen molar-refractivity contribution in [1.29, 1.82) is 0 Å². The van der Waals surface area contributed by atoms with Crippen LogP contribution in [0.2, 0.25) is 0 Å². The van der Waals surface area contributed by atoms with Gasteiger partial charge in [0.1, 0.15) is 10.6 Å². The Morgan fingerprint density at radius 3 is 2.70 bits per heavy atom. The van der Waals surface area contributed by atoms with Gasteiger partial charge >= 0.3 is 0 Å². The van der Waals surface area contributed by atoms with Gasteiger partial charge in [-0.3, -0.25) is 4.79 Å². The Hall–Kier alpha value is -2.03. The van der Waals surface area contributed by atoms with E-state index >= 15 is 0 Å². The lowest BCUT2D eigenvalue weighted by Crippen LogP contribution is -2.42. The predicted molar refractivity (Wildman–Crippen MR) is 119 cm³/mol. The molecule has 2 aromatic rings. The van der Waals surface area contributed by atoms with E-state index in [0.29, 0.717) is 18.7 Å². The van der Waals surface area contributed by atoms with E-state index in [-0.39, 0.29) is 22.6 Å². The molecule has 0 radical (unpaired) electrons. The summed E-state index contributed by atoms with van der Waals surface area (Å²) in [7, 11) is -2.32. The molecule has 0 aromatic heterocycles. The molecule has 160 valence electrons. The quantitative estimate of drug-likeness (QED) is 0.710. The number of para-hydroxylation sites is 1. The molecule has 2 aromatic carbocycles. The Labute approximate surface area is 182 Å². The van der Waals surface area contributed by atoms with Gasteiger partial charge in [0.15, 0.2) is 0 Å². The van der Waals surface area contributed by atoms with Gasteiger partial charge in [0.25, 0.3) is 5.91 Å². The largest absolute Gasteiger partial charge is 0.495 e. The molecule has 0 spiro atoms. The predicted octanol–water partition coefficient (Wildman–Crippen LogP) is 4.01. The molecule has 1 atom stereocenters. The van der Waals surface area contributed by atoms with Crippen molar-refractivity contribution in [3.63, 3.8) is 0 Å². The normalized spacial score (nSPS) is 19.9. The summed E-state index contributed by atoms with van der Waals surface area (Å²) in [6.07, 6.45) is 2.70. The van der Waals surface area contributed by atoms with Crippen LogP contribution in [0.1, 0.15) is 36.5 Å². The van der Waals surface area contributed by atoms with E-state index in [4.69, 9.17) is 4.74 Å². The highest BCUT2D eigenvalue weighted by Gasteiger charge is 2.34. The van der Waals surface area contributed by atoms with Crippen LogP contribution in [0.25, 0.3) is 0 Å². The summed E-state index contributed by atoms with van der Waals surface area (Å²) >= 11 is 1.72. The van der Waals surface area contributed by atoms with Gasteiger partial charge in [0.05, 0.1) is 12.8 Å². The summed E-state index contributed by atoms with van der Waals surface area (Å²) in [6.45, 7) is 3.00. The number of sulfonamides is 1. The van der Waals surface area contributed by atoms with Crippen molar-refractivity contribution in [2.24, 2.45) is 0 Å². The maximum absolute atomic E-state index is 13.4. The molecule has 1 amide bonds. The monoisotopic (exact) mass is 446 g/mol. The minimum atomic E-state index is -3.77. The van der Waals surface area contributed by atoms with E-state index in [1.165, 1.54) is 17.5 Å². The van der Waals surface area contributed by atoms with E-state index in [9.17, 15) is 13.2 Å². The molecule has 1 fully saturated rings. The van der Waals surface area contributed by atoms with Crippen LogP contribution in [-0.4, -0.2) is 50.6 Å². The molecule has 0 aliphatic carbocycles. The molecule has 6 nitrogen and oxygen atoms in total. The van der Waals surface area contributed by atoms with Gasteiger partial charge in [-0.2, -0.15) is 4.31 Å². The number of hydrogen-bond donors (Lipinski definition) is 0. The summed E-state index contributed by atoms with van der Waals surface area (Å²) in [4.78, 5) is 16.2. The first-order valence-electron chi connectivity index (χ1n) is 10.2. The summed E-state index contributed by atoms with van der Waals surface area (Å²) in [5.41, 5.74) is 1.21. The van der Waals surface area contributed by atoms with Crippen molar-refractivity contribution in [1.82, 2.24) is 4.31 Å². The van der Waals surface area contributed by atoms with Crippen molar-refractivity contribution < 1.29 is 17.9 Å². The Kier molecular flexibility index (Phi) is 6.09. The second-order valence-corrected chi connectivity index (χ2v) is 10.6. The van der Waals surface area contributed by atoms with Crippen LogP contribution in [0.15, 0.2) is 52.3 Å². The number of benzene rings is 2. The number of carbonyl (C=O) groups is 1. The first-order valence-corrected chi connectivity index (χ1v) is 12.6. The van der Waals surface area contributed by atoms with Gasteiger partial charge in [0.2, 0.25) is 10.0 Å². The van der Waals surface area contributed by atoms with Gasteiger partial charge in [-0.05, 0) is 50.1 Å². The Bertz CT molecular complexity index is 1050. The molecule has 30 heavy (non-hydrogen) atoms. The third kappa shape index (κ3) is 3.84. The first kappa shape index (κ1) is 21.2. The smallest absolute Gasteiger partial charge is 0.258 e.